The van der Waals surface area contributed by atoms with Crippen LogP contribution in [0.3, 0.4) is 0 Å². The van der Waals surface area contributed by atoms with Gasteiger partial charge in [-0.15, -0.1) is 0 Å². The van der Waals surface area contributed by atoms with Crippen LogP contribution in [-0.2, 0) is 14.6 Å². The molecule has 3 rings (SSSR count). The Kier molecular flexibility index (Phi) is 5.10. The first-order valence-electron chi connectivity index (χ1n) is 9.65. The molecule has 1 N–H and O–H groups in total. The predicted octanol–water partition coefficient (Wildman–Crippen LogP) is 1.81. The van der Waals surface area contributed by atoms with Crippen LogP contribution in [0, 0.1) is 5.41 Å². The monoisotopic (exact) mass is 371 g/mol. The molecule has 6 nitrogen and oxygen atoms in total. The number of nitrogens with zero attached hydrogens (tertiary/aromatic N) is 2. The van der Waals surface area contributed by atoms with Crippen molar-refractivity contribution in [3.63, 3.8) is 0 Å². The average molecular weight is 372 g/mol. The van der Waals surface area contributed by atoms with Crippen molar-refractivity contribution in [3.05, 3.63) is 0 Å². The molecule has 0 radical (unpaired) electrons. The molecule has 1 heterocycles. The van der Waals surface area contributed by atoms with Gasteiger partial charge in [-0.1, -0.05) is 6.42 Å². The summed E-state index contributed by atoms with van der Waals surface area (Å²) in [5.74, 6) is 1.07. The third-order valence-corrected chi connectivity index (χ3v) is 8.92. The van der Waals surface area contributed by atoms with Gasteiger partial charge in [-0.05, 0) is 47.0 Å². The van der Waals surface area contributed by atoms with E-state index in [1.54, 1.807) is 0 Å². The number of sulfone groups is 1. The maximum Gasteiger partial charge on any atom is 0.194 e. The molecule has 2 atom stereocenters. The lowest BCUT2D eigenvalue weighted by molar-refractivity contribution is -0.169. The minimum absolute atomic E-state index is 0.196. The van der Waals surface area contributed by atoms with Crippen LogP contribution in [0.5, 0.6) is 0 Å². The second kappa shape index (κ2) is 6.72. The van der Waals surface area contributed by atoms with Gasteiger partial charge in [0.25, 0.3) is 0 Å². The van der Waals surface area contributed by atoms with Crippen LogP contribution in [0.15, 0.2) is 4.99 Å². The van der Waals surface area contributed by atoms with Gasteiger partial charge in [-0.25, -0.2) is 8.42 Å². The summed E-state index contributed by atoms with van der Waals surface area (Å²) < 4.78 is 29.8. The molecule has 1 saturated heterocycles. The first-order chi connectivity index (χ1) is 11.8. The fraction of sp³-hybridized carbons (Fsp3) is 0.944. The third kappa shape index (κ3) is 3.18. The molecule has 144 valence electrons. The van der Waals surface area contributed by atoms with E-state index in [4.69, 9.17) is 4.74 Å². The van der Waals surface area contributed by atoms with E-state index in [9.17, 15) is 8.42 Å². The molecule has 3 fully saturated rings. The minimum Gasteiger partial charge on any atom is -0.378 e. The van der Waals surface area contributed by atoms with Crippen LogP contribution in [0.1, 0.15) is 53.4 Å². The van der Waals surface area contributed by atoms with Crippen LogP contribution in [0.25, 0.3) is 0 Å². The lowest BCUT2D eigenvalue weighted by Crippen LogP contribution is -2.69. The van der Waals surface area contributed by atoms with Gasteiger partial charge in [0.1, 0.15) is 0 Å². The Bertz CT molecular complexity index is 625. The molecule has 25 heavy (non-hydrogen) atoms. The standard InChI is InChI=1S/C18H33N3O3S/c1-5-19-16(21-10-11-25(22,23)17(3,4)13-21)20-14-12-15(24-6-2)18(14)8-7-9-18/h14-15H,5-13H2,1-4H3,(H,19,20). The zero-order chi connectivity index (χ0) is 18.3. The third-order valence-electron chi connectivity index (χ3n) is 6.39. The van der Waals surface area contributed by atoms with E-state index < -0.39 is 14.6 Å². The highest BCUT2D eigenvalue weighted by Gasteiger charge is 2.59. The van der Waals surface area contributed by atoms with Crippen LogP contribution in [0.2, 0.25) is 0 Å². The second-order valence-corrected chi connectivity index (χ2v) is 11.0. The molecule has 2 aliphatic carbocycles. The molecular weight excluding hydrogens is 338 g/mol. The fourth-order valence-electron chi connectivity index (χ4n) is 4.51. The van der Waals surface area contributed by atoms with Crippen molar-refractivity contribution in [1.82, 2.24) is 10.2 Å². The maximum atomic E-state index is 12.3. The van der Waals surface area contributed by atoms with Crippen molar-refractivity contribution in [3.8, 4) is 0 Å². The average Bonchev–Trinajstić information content (AvgIpc) is 2.46. The molecule has 1 spiro atoms. The molecule has 7 heteroatoms. The predicted molar refractivity (Wildman–Crippen MR) is 101 cm³/mol. The molecule has 2 unspecified atom stereocenters. The number of guanidine groups is 1. The van der Waals surface area contributed by atoms with Gasteiger partial charge >= 0.3 is 0 Å². The summed E-state index contributed by atoms with van der Waals surface area (Å²) in [6.45, 7) is 10.2. The summed E-state index contributed by atoms with van der Waals surface area (Å²) >= 11 is 0. The second-order valence-electron chi connectivity index (χ2n) is 8.26. The molecule has 3 aliphatic rings. The van der Waals surface area contributed by atoms with Crippen molar-refractivity contribution >= 4 is 15.8 Å². The molecule has 2 saturated carbocycles. The van der Waals surface area contributed by atoms with Gasteiger partial charge < -0.3 is 15.0 Å². The molecule has 0 aromatic carbocycles. The highest BCUT2D eigenvalue weighted by Crippen LogP contribution is 2.57. The first-order valence-corrected chi connectivity index (χ1v) is 11.3. The quantitative estimate of drug-likeness (QED) is 0.603. The van der Waals surface area contributed by atoms with Gasteiger partial charge in [-0.3, -0.25) is 4.99 Å². The van der Waals surface area contributed by atoms with E-state index in [0.717, 1.165) is 19.0 Å². The van der Waals surface area contributed by atoms with Gasteiger partial charge in [-0.2, -0.15) is 0 Å². The number of ether oxygens (including phenoxy) is 1. The number of hydrogen-bond donors (Lipinski definition) is 1. The maximum absolute atomic E-state index is 12.3. The van der Waals surface area contributed by atoms with Crippen LogP contribution >= 0.6 is 0 Å². The van der Waals surface area contributed by atoms with Crippen molar-refractivity contribution in [2.24, 2.45) is 10.4 Å². The Labute approximate surface area is 152 Å². The van der Waals surface area contributed by atoms with Crippen molar-refractivity contribution in [2.75, 3.05) is 32.0 Å². The Hall–Kier alpha value is -0.820. The van der Waals surface area contributed by atoms with E-state index in [1.807, 2.05) is 20.8 Å². The van der Waals surface area contributed by atoms with Crippen LogP contribution in [0.4, 0.5) is 0 Å². The minimum atomic E-state index is -3.04. The number of aliphatic imine (C=N–C) groups is 1. The molecule has 0 aromatic heterocycles. The first kappa shape index (κ1) is 19.0. The van der Waals surface area contributed by atoms with Gasteiger partial charge in [0.15, 0.2) is 15.8 Å². The van der Waals surface area contributed by atoms with Crippen LogP contribution in [-0.4, -0.2) is 68.2 Å². The lowest BCUT2D eigenvalue weighted by atomic mass is 9.51. The number of hydrogen-bond acceptors (Lipinski definition) is 4. The van der Waals surface area contributed by atoms with Gasteiger partial charge in [0.05, 0.1) is 16.6 Å². The summed E-state index contributed by atoms with van der Waals surface area (Å²) in [5.41, 5.74) is 0.266. The number of nitrogens with one attached hydrogen (secondary N) is 1. The molecule has 1 aliphatic heterocycles. The highest BCUT2D eigenvalue weighted by molar-refractivity contribution is 7.92. The van der Waals surface area contributed by atoms with Crippen molar-refractivity contribution < 1.29 is 13.2 Å². The van der Waals surface area contributed by atoms with Crippen LogP contribution < -0.4 is 5.32 Å². The Morgan fingerprint density at radius 2 is 2.04 bits per heavy atom. The van der Waals surface area contributed by atoms with E-state index in [2.05, 4.69) is 22.1 Å². The molecule has 0 amide bonds. The smallest absolute Gasteiger partial charge is 0.194 e. The Morgan fingerprint density at radius 1 is 1.32 bits per heavy atom. The zero-order valence-electron chi connectivity index (χ0n) is 16.0. The largest absolute Gasteiger partial charge is 0.378 e. The van der Waals surface area contributed by atoms with Gasteiger partial charge in [0, 0.05) is 37.7 Å². The SMILES string of the molecule is CCN=C(NC1CC(OCC)C12CCC2)N1CCS(=O)(=O)C(C)(C)C1. The lowest BCUT2D eigenvalue weighted by Gasteiger charge is -2.61. The Morgan fingerprint density at radius 3 is 2.56 bits per heavy atom. The van der Waals surface area contributed by atoms with Crippen molar-refractivity contribution in [2.45, 2.75) is 70.3 Å². The number of rotatable bonds is 4. The summed E-state index contributed by atoms with van der Waals surface area (Å²) in [7, 11) is -3.04. The summed E-state index contributed by atoms with van der Waals surface area (Å²) in [6, 6.07) is 0.393. The molecular formula is C18H33N3O3S. The molecule has 0 bridgehead atoms. The molecule has 0 aromatic rings. The summed E-state index contributed by atoms with van der Waals surface area (Å²) in [5, 5.41) is 3.67. The van der Waals surface area contributed by atoms with Crippen molar-refractivity contribution in [1.29, 1.82) is 0 Å². The topological polar surface area (TPSA) is 71.0 Å². The van der Waals surface area contributed by atoms with E-state index in [-0.39, 0.29) is 11.2 Å². The van der Waals surface area contributed by atoms with E-state index in [1.165, 1.54) is 19.3 Å². The zero-order valence-corrected chi connectivity index (χ0v) is 16.9. The van der Waals surface area contributed by atoms with E-state index in [0.29, 0.717) is 31.8 Å². The van der Waals surface area contributed by atoms with Gasteiger partial charge in [0.2, 0.25) is 0 Å². The fourth-order valence-corrected chi connectivity index (χ4v) is 5.87. The summed E-state index contributed by atoms with van der Waals surface area (Å²) in [4.78, 5) is 6.80. The normalized spacial score (nSPS) is 32.8. The highest BCUT2D eigenvalue weighted by atomic mass is 32.2. The summed E-state index contributed by atoms with van der Waals surface area (Å²) in [6.07, 6.45) is 5.09. The van der Waals surface area contributed by atoms with E-state index >= 15 is 0 Å². The Balaban J connectivity index is 1.70.